The van der Waals surface area contributed by atoms with E-state index in [1.807, 2.05) is 0 Å². The molecule has 1 aliphatic rings. The number of alkyl halides is 1. The van der Waals surface area contributed by atoms with Gasteiger partial charge in [-0.2, -0.15) is 0 Å². The van der Waals surface area contributed by atoms with E-state index in [-0.39, 0.29) is 0 Å². The van der Waals surface area contributed by atoms with Crippen molar-refractivity contribution >= 4 is 38.6 Å². The molecule has 1 aromatic carbocycles. The lowest BCUT2D eigenvalue weighted by molar-refractivity contribution is 0.457. The maximum Gasteiger partial charge on any atom is 0.111 e. The van der Waals surface area contributed by atoms with E-state index < -0.39 is 0 Å². The minimum atomic E-state index is 0.383. The summed E-state index contributed by atoms with van der Waals surface area (Å²) in [6, 6.07) is 6.30. The highest BCUT2D eigenvalue weighted by Gasteiger charge is 2.64. The highest BCUT2D eigenvalue weighted by Crippen LogP contribution is 2.69. The summed E-state index contributed by atoms with van der Waals surface area (Å²) in [4.78, 5) is 4.78. The standard InChI is InChI=1S/C17H22BrClN2/c1-16(2)14(17(16,3)4)10-21-13-9-11(18)5-6-12(13)20-15(21)7-8-19/h5-6,9,14H,7-8,10H2,1-4H3. The Bertz CT molecular complexity index is 673. The van der Waals surface area contributed by atoms with Gasteiger partial charge in [0.25, 0.3) is 0 Å². The third kappa shape index (κ3) is 2.33. The first-order valence-corrected chi connectivity index (χ1v) is 8.82. The quantitative estimate of drug-likeness (QED) is 0.672. The largest absolute Gasteiger partial charge is 0.328 e. The van der Waals surface area contributed by atoms with Crippen LogP contribution >= 0.6 is 27.5 Å². The van der Waals surface area contributed by atoms with E-state index in [9.17, 15) is 0 Å². The monoisotopic (exact) mass is 368 g/mol. The second-order valence-electron chi connectivity index (χ2n) is 7.21. The fourth-order valence-corrected chi connectivity index (χ4v) is 4.12. The van der Waals surface area contributed by atoms with Gasteiger partial charge in [-0.3, -0.25) is 0 Å². The average Bonchev–Trinajstić information content (AvgIpc) is 2.69. The highest BCUT2D eigenvalue weighted by molar-refractivity contribution is 9.10. The van der Waals surface area contributed by atoms with E-state index >= 15 is 0 Å². The first kappa shape index (κ1) is 15.4. The van der Waals surface area contributed by atoms with Crippen LogP contribution in [-0.4, -0.2) is 15.4 Å². The van der Waals surface area contributed by atoms with E-state index in [2.05, 4.69) is 66.4 Å². The van der Waals surface area contributed by atoms with Gasteiger partial charge in [-0.1, -0.05) is 43.6 Å². The van der Waals surface area contributed by atoms with Crippen LogP contribution in [0.25, 0.3) is 11.0 Å². The van der Waals surface area contributed by atoms with Gasteiger partial charge in [-0.25, -0.2) is 4.98 Å². The zero-order valence-electron chi connectivity index (χ0n) is 13.1. The number of imidazole rings is 1. The van der Waals surface area contributed by atoms with Crippen molar-refractivity contribution in [1.82, 2.24) is 9.55 Å². The average molecular weight is 370 g/mol. The van der Waals surface area contributed by atoms with Gasteiger partial charge < -0.3 is 4.57 Å². The highest BCUT2D eigenvalue weighted by atomic mass is 79.9. The first-order valence-electron chi connectivity index (χ1n) is 7.49. The van der Waals surface area contributed by atoms with Crippen LogP contribution in [0.2, 0.25) is 0 Å². The van der Waals surface area contributed by atoms with Crippen LogP contribution in [-0.2, 0) is 13.0 Å². The normalized spacial score (nSPS) is 20.1. The van der Waals surface area contributed by atoms with Crippen molar-refractivity contribution < 1.29 is 0 Å². The fourth-order valence-electron chi connectivity index (χ4n) is 3.60. The van der Waals surface area contributed by atoms with Crippen LogP contribution < -0.4 is 0 Å². The molecular weight excluding hydrogens is 348 g/mol. The molecule has 2 aromatic rings. The summed E-state index contributed by atoms with van der Waals surface area (Å²) in [6.45, 7) is 10.5. The molecule has 1 saturated carbocycles. The van der Waals surface area contributed by atoms with Crippen LogP contribution in [0.15, 0.2) is 22.7 Å². The molecule has 114 valence electrons. The molecule has 3 rings (SSSR count). The predicted molar refractivity (Wildman–Crippen MR) is 92.9 cm³/mol. The van der Waals surface area contributed by atoms with Crippen LogP contribution in [0.4, 0.5) is 0 Å². The molecule has 4 heteroatoms. The molecule has 1 aromatic heterocycles. The molecule has 0 bridgehead atoms. The summed E-state index contributed by atoms with van der Waals surface area (Å²) < 4.78 is 3.48. The lowest BCUT2D eigenvalue weighted by Crippen LogP contribution is -2.09. The van der Waals surface area contributed by atoms with Crippen molar-refractivity contribution in [1.29, 1.82) is 0 Å². The second-order valence-corrected chi connectivity index (χ2v) is 8.50. The molecule has 0 spiro atoms. The predicted octanol–water partition coefficient (Wildman–Crippen LogP) is 5.26. The molecule has 1 heterocycles. The molecule has 2 nitrogen and oxygen atoms in total. The van der Waals surface area contributed by atoms with Gasteiger partial charge in [0.05, 0.1) is 11.0 Å². The summed E-state index contributed by atoms with van der Waals surface area (Å²) in [5.41, 5.74) is 3.04. The van der Waals surface area contributed by atoms with Crippen molar-refractivity contribution in [3.63, 3.8) is 0 Å². The molecule has 0 saturated heterocycles. The number of fused-ring (bicyclic) bond motifs is 1. The molecule has 0 amide bonds. The first-order chi connectivity index (χ1) is 9.79. The topological polar surface area (TPSA) is 17.8 Å². The van der Waals surface area contributed by atoms with Gasteiger partial charge >= 0.3 is 0 Å². The summed E-state index contributed by atoms with van der Waals surface area (Å²) >= 11 is 9.54. The van der Waals surface area contributed by atoms with Gasteiger partial charge in [-0.15, -0.1) is 11.6 Å². The lowest BCUT2D eigenvalue weighted by atomic mass is 10.0. The van der Waals surface area contributed by atoms with Crippen LogP contribution in [0.5, 0.6) is 0 Å². The molecule has 0 N–H and O–H groups in total. The maximum atomic E-state index is 5.97. The Kier molecular flexibility index (Phi) is 3.65. The number of aryl methyl sites for hydroxylation is 1. The van der Waals surface area contributed by atoms with Crippen LogP contribution in [0.1, 0.15) is 33.5 Å². The fraction of sp³-hybridized carbons (Fsp3) is 0.588. The minimum Gasteiger partial charge on any atom is -0.328 e. The summed E-state index contributed by atoms with van der Waals surface area (Å²) in [5.74, 6) is 2.40. The number of hydrogen-bond donors (Lipinski definition) is 0. The van der Waals surface area contributed by atoms with E-state index in [1.165, 1.54) is 5.52 Å². The van der Waals surface area contributed by atoms with E-state index in [0.717, 1.165) is 28.8 Å². The van der Waals surface area contributed by atoms with Crippen molar-refractivity contribution in [2.45, 2.75) is 40.7 Å². The van der Waals surface area contributed by atoms with Crippen LogP contribution in [0.3, 0.4) is 0 Å². The Morgan fingerprint density at radius 1 is 1.24 bits per heavy atom. The van der Waals surface area contributed by atoms with Gasteiger partial charge in [0, 0.05) is 23.3 Å². The number of halogens is 2. The Labute approximate surface area is 140 Å². The number of rotatable bonds is 4. The number of benzene rings is 1. The Morgan fingerprint density at radius 2 is 1.90 bits per heavy atom. The van der Waals surface area contributed by atoms with E-state index in [0.29, 0.717) is 22.6 Å². The molecule has 0 radical (unpaired) electrons. The molecule has 1 aliphatic carbocycles. The Balaban J connectivity index is 2.04. The maximum absolute atomic E-state index is 5.97. The molecule has 0 aliphatic heterocycles. The number of hydrogen-bond acceptors (Lipinski definition) is 1. The van der Waals surface area contributed by atoms with Gasteiger partial charge in [-0.05, 0) is 34.9 Å². The smallest absolute Gasteiger partial charge is 0.111 e. The van der Waals surface area contributed by atoms with Crippen molar-refractivity contribution in [3.05, 3.63) is 28.5 Å². The molecule has 0 atom stereocenters. The van der Waals surface area contributed by atoms with E-state index in [1.54, 1.807) is 0 Å². The van der Waals surface area contributed by atoms with Crippen molar-refractivity contribution in [2.24, 2.45) is 16.7 Å². The Morgan fingerprint density at radius 3 is 2.48 bits per heavy atom. The van der Waals surface area contributed by atoms with Crippen molar-refractivity contribution in [3.8, 4) is 0 Å². The zero-order valence-corrected chi connectivity index (χ0v) is 15.4. The number of nitrogens with zero attached hydrogens (tertiary/aromatic N) is 2. The summed E-state index contributed by atoms with van der Waals surface area (Å²) in [5, 5.41) is 0. The third-order valence-corrected chi connectivity index (χ3v) is 6.47. The van der Waals surface area contributed by atoms with Crippen molar-refractivity contribution in [2.75, 3.05) is 5.88 Å². The van der Waals surface area contributed by atoms with E-state index in [4.69, 9.17) is 16.6 Å². The summed E-state index contributed by atoms with van der Waals surface area (Å²) in [7, 11) is 0. The third-order valence-electron chi connectivity index (χ3n) is 5.79. The molecule has 21 heavy (non-hydrogen) atoms. The van der Waals surface area contributed by atoms with Gasteiger partial charge in [0.15, 0.2) is 0 Å². The van der Waals surface area contributed by atoms with Gasteiger partial charge in [0.2, 0.25) is 0 Å². The zero-order chi connectivity index (χ0) is 15.4. The second kappa shape index (κ2) is 4.99. The Hall–Kier alpha value is -0.540. The minimum absolute atomic E-state index is 0.383. The number of aromatic nitrogens is 2. The molecule has 0 unspecified atom stereocenters. The molecule has 1 fully saturated rings. The van der Waals surface area contributed by atoms with Crippen LogP contribution in [0, 0.1) is 16.7 Å². The summed E-state index contributed by atoms with van der Waals surface area (Å²) in [6.07, 6.45) is 0.821. The molecular formula is C17H22BrClN2. The lowest BCUT2D eigenvalue weighted by Gasteiger charge is -2.10. The SMILES string of the molecule is CC1(C)C(Cn2c(CCCl)nc3ccc(Br)cc32)C1(C)C. The van der Waals surface area contributed by atoms with Gasteiger partial charge in [0.1, 0.15) is 5.82 Å².